The van der Waals surface area contributed by atoms with Gasteiger partial charge >= 0.3 is 5.97 Å². The topological polar surface area (TPSA) is 59.0 Å². The monoisotopic (exact) mass is 467 g/mol. The van der Waals surface area contributed by atoms with Crippen molar-refractivity contribution in [2.75, 3.05) is 32.9 Å². The lowest BCUT2D eigenvalue weighted by Crippen LogP contribution is -2.36. The third-order valence-electron chi connectivity index (χ3n) is 6.07. The molecule has 1 fully saturated rings. The standard InChI is InChI=1S/C27H30ClNO4/c1-2-3-14-33-26(27(30)31)25-21(18-29-12-15-32-16-13-29)17-20-6-4-5-7-23(20)24(25)19-8-10-22(28)11-9-19/h4-11,17,26H,2-3,12-16,18H2,1H3,(H,30,31). The number of fused-ring (bicyclic) bond motifs is 1. The first-order chi connectivity index (χ1) is 16.1. The molecule has 0 aliphatic carbocycles. The summed E-state index contributed by atoms with van der Waals surface area (Å²) in [4.78, 5) is 14.8. The number of ether oxygens (including phenoxy) is 2. The van der Waals surface area contributed by atoms with Gasteiger partial charge in [-0.15, -0.1) is 0 Å². The predicted octanol–water partition coefficient (Wildman–Crippen LogP) is 5.93. The minimum absolute atomic E-state index is 0.400. The van der Waals surface area contributed by atoms with Crippen molar-refractivity contribution in [1.29, 1.82) is 0 Å². The summed E-state index contributed by atoms with van der Waals surface area (Å²) in [5.41, 5.74) is 3.53. The van der Waals surface area contributed by atoms with Crippen LogP contribution in [-0.2, 0) is 20.8 Å². The SMILES string of the molecule is CCCCOC(C(=O)O)c1c(CN2CCOCC2)cc2ccccc2c1-c1ccc(Cl)cc1. The van der Waals surface area contributed by atoms with Gasteiger partial charge in [-0.25, -0.2) is 4.79 Å². The van der Waals surface area contributed by atoms with Gasteiger partial charge in [0.25, 0.3) is 0 Å². The van der Waals surface area contributed by atoms with Crippen LogP contribution in [0.5, 0.6) is 0 Å². The number of nitrogens with zero attached hydrogens (tertiary/aromatic N) is 1. The Morgan fingerprint density at radius 3 is 2.58 bits per heavy atom. The Labute approximate surface area is 199 Å². The van der Waals surface area contributed by atoms with E-state index in [1.165, 1.54) is 0 Å². The maximum Gasteiger partial charge on any atom is 0.337 e. The molecular formula is C27H30ClNO4. The van der Waals surface area contributed by atoms with E-state index in [2.05, 4.69) is 24.0 Å². The largest absolute Gasteiger partial charge is 0.479 e. The summed E-state index contributed by atoms with van der Waals surface area (Å²) in [5.74, 6) is -0.972. The first-order valence-corrected chi connectivity index (χ1v) is 11.9. The summed E-state index contributed by atoms with van der Waals surface area (Å²) in [6.45, 7) is 6.11. The number of rotatable bonds is 9. The molecule has 3 aromatic carbocycles. The third kappa shape index (κ3) is 5.56. The molecule has 1 unspecified atom stereocenters. The van der Waals surface area contributed by atoms with Crippen LogP contribution < -0.4 is 0 Å². The molecule has 1 saturated heterocycles. The molecule has 174 valence electrons. The van der Waals surface area contributed by atoms with Crippen LogP contribution in [0.15, 0.2) is 54.6 Å². The molecule has 0 bridgehead atoms. The van der Waals surface area contributed by atoms with Crippen molar-refractivity contribution >= 4 is 28.3 Å². The second-order valence-electron chi connectivity index (χ2n) is 8.38. The Bertz CT molecular complexity index is 1090. The predicted molar refractivity (Wildman–Crippen MR) is 132 cm³/mol. The first-order valence-electron chi connectivity index (χ1n) is 11.5. The van der Waals surface area contributed by atoms with E-state index in [-0.39, 0.29) is 0 Å². The fourth-order valence-corrected chi connectivity index (χ4v) is 4.53. The lowest BCUT2D eigenvalue weighted by atomic mass is 9.86. The number of unbranched alkanes of at least 4 members (excludes halogenated alkanes) is 1. The van der Waals surface area contributed by atoms with E-state index >= 15 is 0 Å². The van der Waals surface area contributed by atoms with Crippen LogP contribution in [0.1, 0.15) is 37.0 Å². The molecule has 0 radical (unpaired) electrons. The summed E-state index contributed by atoms with van der Waals surface area (Å²) >= 11 is 6.18. The van der Waals surface area contributed by atoms with Crippen LogP contribution in [0.25, 0.3) is 21.9 Å². The van der Waals surface area contributed by atoms with E-state index in [0.717, 1.165) is 59.0 Å². The van der Waals surface area contributed by atoms with Gasteiger partial charge in [0.15, 0.2) is 6.10 Å². The van der Waals surface area contributed by atoms with Gasteiger partial charge in [-0.05, 0) is 52.1 Å². The van der Waals surface area contributed by atoms with Crippen LogP contribution in [-0.4, -0.2) is 48.9 Å². The Morgan fingerprint density at radius 1 is 1.15 bits per heavy atom. The van der Waals surface area contributed by atoms with Gasteiger partial charge in [-0.1, -0.05) is 61.3 Å². The fraction of sp³-hybridized carbons (Fsp3) is 0.370. The minimum atomic E-state index is -1.05. The number of halogens is 1. The molecule has 1 aliphatic heterocycles. The number of carbonyl (C=O) groups is 1. The Morgan fingerprint density at radius 2 is 1.88 bits per heavy atom. The van der Waals surface area contributed by atoms with Gasteiger partial charge < -0.3 is 14.6 Å². The van der Waals surface area contributed by atoms with Crippen LogP contribution in [0.2, 0.25) is 5.02 Å². The van der Waals surface area contributed by atoms with Gasteiger partial charge in [0.05, 0.1) is 13.2 Å². The molecule has 5 nitrogen and oxygen atoms in total. The average molecular weight is 468 g/mol. The number of benzene rings is 3. The Hall–Kier alpha value is -2.44. The summed E-state index contributed by atoms with van der Waals surface area (Å²) in [6.07, 6.45) is 0.698. The zero-order valence-corrected chi connectivity index (χ0v) is 19.7. The molecule has 1 aliphatic rings. The van der Waals surface area contributed by atoms with Crippen LogP contribution >= 0.6 is 11.6 Å². The summed E-state index contributed by atoms with van der Waals surface area (Å²) in [5, 5.41) is 13.0. The lowest BCUT2D eigenvalue weighted by Gasteiger charge is -2.30. The average Bonchev–Trinajstić information content (AvgIpc) is 2.82. The molecule has 33 heavy (non-hydrogen) atoms. The highest BCUT2D eigenvalue weighted by Gasteiger charge is 2.29. The Balaban J connectivity index is 1.94. The van der Waals surface area contributed by atoms with Gasteiger partial charge in [-0.3, -0.25) is 4.90 Å². The van der Waals surface area contributed by atoms with Crippen LogP contribution in [0, 0.1) is 0 Å². The number of hydrogen-bond acceptors (Lipinski definition) is 4. The van der Waals surface area contributed by atoms with Gasteiger partial charge in [-0.2, -0.15) is 0 Å². The van der Waals surface area contributed by atoms with Crippen LogP contribution in [0.4, 0.5) is 0 Å². The molecule has 1 N–H and O–H groups in total. The van der Waals surface area contributed by atoms with Crippen molar-refractivity contribution in [2.24, 2.45) is 0 Å². The van der Waals surface area contributed by atoms with Crippen molar-refractivity contribution in [3.05, 3.63) is 70.7 Å². The molecule has 0 amide bonds. The summed E-state index contributed by atoms with van der Waals surface area (Å²) in [6, 6.07) is 17.9. The number of morpholine rings is 1. The van der Waals surface area contributed by atoms with E-state index in [1.54, 1.807) is 0 Å². The molecule has 0 spiro atoms. The molecule has 3 aromatic rings. The minimum Gasteiger partial charge on any atom is -0.479 e. The molecule has 4 rings (SSSR count). The third-order valence-corrected chi connectivity index (χ3v) is 6.33. The molecule has 6 heteroatoms. The molecule has 1 heterocycles. The first kappa shape index (κ1) is 23.7. The number of carboxylic acids is 1. The molecule has 1 atom stereocenters. The zero-order chi connectivity index (χ0) is 23.2. The summed E-state index contributed by atoms with van der Waals surface area (Å²) < 4.78 is 11.5. The van der Waals surface area contributed by atoms with Crippen molar-refractivity contribution in [1.82, 2.24) is 4.90 Å². The highest BCUT2D eigenvalue weighted by Crippen LogP contribution is 2.40. The highest BCUT2D eigenvalue weighted by atomic mass is 35.5. The fourth-order valence-electron chi connectivity index (χ4n) is 4.40. The van der Waals surface area contributed by atoms with E-state index < -0.39 is 12.1 Å². The Kier molecular flexibility index (Phi) is 7.99. The second-order valence-corrected chi connectivity index (χ2v) is 8.82. The maximum atomic E-state index is 12.5. The smallest absolute Gasteiger partial charge is 0.337 e. The van der Waals surface area contributed by atoms with E-state index in [9.17, 15) is 9.90 Å². The second kappa shape index (κ2) is 11.1. The molecular weight excluding hydrogens is 438 g/mol. The van der Waals surface area contributed by atoms with E-state index in [4.69, 9.17) is 21.1 Å². The quantitative estimate of drug-likeness (QED) is 0.395. The van der Waals surface area contributed by atoms with Crippen LogP contribution in [0.3, 0.4) is 0 Å². The molecule has 0 saturated carbocycles. The van der Waals surface area contributed by atoms with Crippen molar-refractivity contribution in [3.63, 3.8) is 0 Å². The van der Waals surface area contributed by atoms with Crippen molar-refractivity contribution in [3.8, 4) is 11.1 Å². The van der Waals surface area contributed by atoms with E-state index in [0.29, 0.717) is 31.4 Å². The number of aliphatic carboxylic acids is 1. The number of carboxylic acid groups (broad SMARTS) is 1. The van der Waals surface area contributed by atoms with Gasteiger partial charge in [0.2, 0.25) is 0 Å². The van der Waals surface area contributed by atoms with E-state index in [1.807, 2.05) is 42.5 Å². The van der Waals surface area contributed by atoms with Gasteiger partial charge in [0, 0.05) is 36.8 Å². The van der Waals surface area contributed by atoms with Gasteiger partial charge in [0.1, 0.15) is 0 Å². The highest BCUT2D eigenvalue weighted by molar-refractivity contribution is 6.30. The molecule has 0 aromatic heterocycles. The zero-order valence-electron chi connectivity index (χ0n) is 18.9. The number of hydrogen-bond donors (Lipinski definition) is 1. The van der Waals surface area contributed by atoms with Crippen molar-refractivity contribution in [2.45, 2.75) is 32.4 Å². The normalized spacial score (nSPS) is 15.6. The van der Waals surface area contributed by atoms with Crippen molar-refractivity contribution < 1.29 is 19.4 Å². The maximum absolute atomic E-state index is 12.5. The lowest BCUT2D eigenvalue weighted by molar-refractivity contribution is -0.151. The summed E-state index contributed by atoms with van der Waals surface area (Å²) in [7, 11) is 0.